The highest BCUT2D eigenvalue weighted by Crippen LogP contribution is 1.86. The maximum atomic E-state index is 10.6. The number of carbonyl (C=O) groups excluding carboxylic acids is 1. The number of rotatable bonds is 4. The molecule has 0 aromatic heterocycles. The molecular weight excluding hydrogens is 150 g/mol. The number of nitrogens with two attached hydrogens (primary N) is 1. The van der Waals surface area contributed by atoms with Crippen LogP contribution in [0.5, 0.6) is 0 Å². The summed E-state index contributed by atoms with van der Waals surface area (Å²) in [5, 5.41) is 8.14. The summed E-state index contributed by atoms with van der Waals surface area (Å²) in [5.74, 6) is -1.58. The van der Waals surface area contributed by atoms with E-state index in [1.807, 2.05) is 0 Å². The standard InChI is InChI=1S/C6H11NO4/c1-4(7)6(10)11-3-2-5(8)9/h4H,2-3,7H2,1H3,(H,8,9)/t4-/m0/s1. The first kappa shape index (κ1) is 9.90. The van der Waals surface area contributed by atoms with Crippen molar-refractivity contribution in [3.8, 4) is 0 Å². The van der Waals surface area contributed by atoms with Gasteiger partial charge in [-0.1, -0.05) is 0 Å². The number of carboxylic acid groups (broad SMARTS) is 1. The van der Waals surface area contributed by atoms with E-state index in [-0.39, 0.29) is 13.0 Å². The van der Waals surface area contributed by atoms with E-state index < -0.39 is 18.0 Å². The molecule has 0 fully saturated rings. The fourth-order valence-electron chi connectivity index (χ4n) is 0.370. The quantitative estimate of drug-likeness (QED) is 0.535. The fraction of sp³-hybridized carbons (Fsp3) is 0.667. The summed E-state index contributed by atoms with van der Waals surface area (Å²) in [6.07, 6.45) is -0.182. The molecule has 11 heavy (non-hydrogen) atoms. The van der Waals surface area contributed by atoms with Gasteiger partial charge >= 0.3 is 11.9 Å². The van der Waals surface area contributed by atoms with Gasteiger partial charge in [-0.15, -0.1) is 0 Å². The SMILES string of the molecule is C[C@H](N)C(=O)OCCC(=O)O. The van der Waals surface area contributed by atoms with Gasteiger partial charge in [-0.2, -0.15) is 0 Å². The molecule has 0 aliphatic rings. The van der Waals surface area contributed by atoms with Crippen molar-refractivity contribution in [1.82, 2.24) is 0 Å². The number of carboxylic acids is 1. The molecule has 64 valence electrons. The normalized spacial score (nSPS) is 12.2. The van der Waals surface area contributed by atoms with E-state index in [0.29, 0.717) is 0 Å². The van der Waals surface area contributed by atoms with Gasteiger partial charge in [0.05, 0.1) is 6.42 Å². The number of carbonyl (C=O) groups is 2. The van der Waals surface area contributed by atoms with Gasteiger partial charge in [0.1, 0.15) is 12.6 Å². The third-order valence-corrected chi connectivity index (χ3v) is 0.932. The lowest BCUT2D eigenvalue weighted by Gasteiger charge is -2.04. The van der Waals surface area contributed by atoms with Crippen LogP contribution in [0, 0.1) is 0 Å². The van der Waals surface area contributed by atoms with Crippen LogP contribution < -0.4 is 5.73 Å². The van der Waals surface area contributed by atoms with Gasteiger partial charge in [0, 0.05) is 0 Å². The van der Waals surface area contributed by atoms with Gasteiger partial charge in [-0.05, 0) is 6.92 Å². The third kappa shape index (κ3) is 5.35. The van der Waals surface area contributed by atoms with Crippen molar-refractivity contribution in [1.29, 1.82) is 0 Å². The van der Waals surface area contributed by atoms with Crippen molar-refractivity contribution >= 4 is 11.9 Å². The van der Waals surface area contributed by atoms with E-state index in [9.17, 15) is 9.59 Å². The van der Waals surface area contributed by atoms with E-state index in [0.717, 1.165) is 0 Å². The summed E-state index contributed by atoms with van der Waals surface area (Å²) in [4.78, 5) is 20.5. The van der Waals surface area contributed by atoms with Crippen LogP contribution in [0.2, 0.25) is 0 Å². The molecule has 0 bridgehead atoms. The number of esters is 1. The molecule has 0 unspecified atom stereocenters. The second-order valence-electron chi connectivity index (χ2n) is 2.10. The zero-order valence-electron chi connectivity index (χ0n) is 6.24. The van der Waals surface area contributed by atoms with E-state index in [4.69, 9.17) is 10.8 Å². The first-order valence-electron chi connectivity index (χ1n) is 3.18. The molecular formula is C6H11NO4. The van der Waals surface area contributed by atoms with Gasteiger partial charge < -0.3 is 15.6 Å². The summed E-state index contributed by atoms with van der Waals surface area (Å²) < 4.78 is 4.47. The Kier molecular flexibility index (Phi) is 4.21. The van der Waals surface area contributed by atoms with Crippen molar-refractivity contribution < 1.29 is 19.4 Å². The van der Waals surface area contributed by atoms with Gasteiger partial charge in [-0.3, -0.25) is 9.59 Å². The number of aliphatic carboxylic acids is 1. The van der Waals surface area contributed by atoms with Gasteiger partial charge in [-0.25, -0.2) is 0 Å². The summed E-state index contributed by atoms with van der Waals surface area (Å²) in [5.41, 5.74) is 5.13. The Bertz CT molecular complexity index is 155. The molecule has 0 radical (unpaired) electrons. The van der Waals surface area contributed by atoms with Crippen LogP contribution in [0.25, 0.3) is 0 Å². The minimum Gasteiger partial charge on any atom is -0.481 e. The topological polar surface area (TPSA) is 89.6 Å². The van der Waals surface area contributed by atoms with Crippen molar-refractivity contribution in [3.63, 3.8) is 0 Å². The van der Waals surface area contributed by atoms with Crippen molar-refractivity contribution in [2.24, 2.45) is 5.73 Å². The first-order valence-corrected chi connectivity index (χ1v) is 3.18. The molecule has 0 aromatic carbocycles. The minimum absolute atomic E-state index is 0.115. The molecule has 0 saturated heterocycles. The van der Waals surface area contributed by atoms with Crippen LogP contribution in [-0.2, 0) is 14.3 Å². The molecule has 1 atom stereocenters. The average Bonchev–Trinajstić information content (AvgIpc) is 1.86. The molecule has 0 saturated carbocycles. The summed E-state index contributed by atoms with van der Waals surface area (Å²) in [7, 11) is 0. The summed E-state index contributed by atoms with van der Waals surface area (Å²) in [6.45, 7) is 1.36. The fourth-order valence-corrected chi connectivity index (χ4v) is 0.370. The van der Waals surface area contributed by atoms with E-state index >= 15 is 0 Å². The van der Waals surface area contributed by atoms with Crippen LogP contribution in [0.15, 0.2) is 0 Å². The Balaban J connectivity index is 3.39. The van der Waals surface area contributed by atoms with Crippen LogP contribution in [-0.4, -0.2) is 29.7 Å². The Morgan fingerprint density at radius 3 is 2.55 bits per heavy atom. The zero-order valence-corrected chi connectivity index (χ0v) is 6.24. The van der Waals surface area contributed by atoms with Gasteiger partial charge in [0.15, 0.2) is 0 Å². The van der Waals surface area contributed by atoms with Crippen molar-refractivity contribution in [2.75, 3.05) is 6.61 Å². The average molecular weight is 161 g/mol. The van der Waals surface area contributed by atoms with Crippen LogP contribution >= 0.6 is 0 Å². The maximum absolute atomic E-state index is 10.6. The van der Waals surface area contributed by atoms with E-state index in [2.05, 4.69) is 4.74 Å². The molecule has 5 heteroatoms. The highest BCUT2D eigenvalue weighted by atomic mass is 16.5. The molecule has 0 aliphatic heterocycles. The Morgan fingerprint density at radius 2 is 2.18 bits per heavy atom. The summed E-state index contributed by atoms with van der Waals surface area (Å²) in [6, 6.07) is -0.691. The number of hydrogen-bond donors (Lipinski definition) is 2. The molecule has 0 heterocycles. The first-order chi connectivity index (χ1) is 5.04. The third-order valence-electron chi connectivity index (χ3n) is 0.932. The molecule has 0 rings (SSSR count). The lowest BCUT2D eigenvalue weighted by molar-refractivity contribution is -0.147. The second-order valence-corrected chi connectivity index (χ2v) is 2.10. The summed E-state index contributed by atoms with van der Waals surface area (Å²) >= 11 is 0. The smallest absolute Gasteiger partial charge is 0.322 e. The number of ether oxygens (including phenoxy) is 1. The molecule has 5 nitrogen and oxygen atoms in total. The Morgan fingerprint density at radius 1 is 1.64 bits per heavy atom. The molecule has 0 aliphatic carbocycles. The molecule has 0 amide bonds. The van der Waals surface area contributed by atoms with Gasteiger partial charge in [0.25, 0.3) is 0 Å². The largest absolute Gasteiger partial charge is 0.481 e. The zero-order chi connectivity index (χ0) is 8.85. The van der Waals surface area contributed by atoms with Crippen LogP contribution in [0.1, 0.15) is 13.3 Å². The van der Waals surface area contributed by atoms with Gasteiger partial charge in [0.2, 0.25) is 0 Å². The van der Waals surface area contributed by atoms with E-state index in [1.54, 1.807) is 0 Å². The predicted octanol–water partition coefficient (Wildman–Crippen LogP) is -0.648. The predicted molar refractivity (Wildman–Crippen MR) is 36.9 cm³/mol. The monoisotopic (exact) mass is 161 g/mol. The number of hydrogen-bond acceptors (Lipinski definition) is 4. The highest BCUT2D eigenvalue weighted by Gasteiger charge is 2.08. The van der Waals surface area contributed by atoms with Crippen LogP contribution in [0.4, 0.5) is 0 Å². The minimum atomic E-state index is -0.998. The van der Waals surface area contributed by atoms with E-state index in [1.165, 1.54) is 6.92 Å². The van der Waals surface area contributed by atoms with Crippen molar-refractivity contribution in [3.05, 3.63) is 0 Å². The van der Waals surface area contributed by atoms with Crippen molar-refractivity contribution in [2.45, 2.75) is 19.4 Å². The molecule has 0 aromatic rings. The maximum Gasteiger partial charge on any atom is 0.322 e. The molecule has 0 spiro atoms. The molecule has 3 N–H and O–H groups in total. The Labute approximate surface area is 64.1 Å². The lowest BCUT2D eigenvalue weighted by Crippen LogP contribution is -2.29. The lowest BCUT2D eigenvalue weighted by atomic mass is 10.4. The van der Waals surface area contributed by atoms with Crippen LogP contribution in [0.3, 0.4) is 0 Å². The second kappa shape index (κ2) is 4.68. The Hall–Kier alpha value is -1.10. The highest BCUT2D eigenvalue weighted by molar-refractivity contribution is 5.75.